The zero-order valence-corrected chi connectivity index (χ0v) is 59.4. The summed E-state index contributed by atoms with van der Waals surface area (Å²) in [6.45, 7) is 52.8. The monoisotopic (exact) mass is 1190 g/mol. The molecule has 0 bridgehead atoms. The molecule has 0 saturated heterocycles. The van der Waals surface area contributed by atoms with E-state index < -0.39 is 0 Å². The molecule has 0 N–H and O–H groups in total. The molecule has 5 unspecified atom stereocenters. The third-order valence-corrected chi connectivity index (χ3v) is 27.3. The van der Waals surface area contributed by atoms with E-state index in [1.165, 1.54) is 143 Å². The van der Waals surface area contributed by atoms with Gasteiger partial charge in [0, 0.05) is 38.5 Å². The van der Waals surface area contributed by atoms with E-state index in [9.17, 15) is 0 Å². The molecular weight excluding hydrogens is 1080 g/mol. The molecule has 2 nitrogen and oxygen atoms in total. The first kappa shape index (κ1) is 60.9. The summed E-state index contributed by atoms with van der Waals surface area (Å²) in [5, 5.41) is 0.246. The van der Waals surface area contributed by atoms with Crippen LogP contribution < -0.4 is 20.7 Å². The van der Waals surface area contributed by atoms with E-state index in [4.69, 9.17) is 0 Å². The van der Waals surface area contributed by atoms with Crippen molar-refractivity contribution in [2.45, 2.75) is 300 Å². The Morgan fingerprint density at radius 3 is 1.70 bits per heavy atom. The molecule has 14 rings (SSSR count). The fourth-order valence-electron chi connectivity index (χ4n) is 19.6. The fourth-order valence-corrected chi connectivity index (χ4v) is 21.2. The third kappa shape index (κ3) is 9.40. The smallest absolute Gasteiger partial charge is 0.233 e. The number of fused-ring (bicyclic) bond motifs is 12. The second kappa shape index (κ2) is 19.9. The van der Waals surface area contributed by atoms with E-state index in [0.29, 0.717) is 11.8 Å². The van der Waals surface area contributed by atoms with Crippen LogP contribution in [0.2, 0.25) is 0 Å². The van der Waals surface area contributed by atoms with E-state index in [2.05, 4.69) is 258 Å². The summed E-state index contributed by atoms with van der Waals surface area (Å²) in [6.07, 6.45) is 16.1. The highest BCUT2D eigenvalue weighted by Gasteiger charge is 2.56. The first-order valence-electron chi connectivity index (χ1n) is 35.2. The van der Waals surface area contributed by atoms with Crippen molar-refractivity contribution in [1.29, 1.82) is 0 Å². The van der Waals surface area contributed by atoms with Crippen LogP contribution in [0, 0.1) is 18.8 Å². The number of anilines is 5. The number of nitrogens with zero attached hydrogens (tertiary/aromatic N) is 2. The van der Waals surface area contributed by atoms with Crippen molar-refractivity contribution in [1.82, 2.24) is 0 Å². The van der Waals surface area contributed by atoms with Crippen LogP contribution in [0.3, 0.4) is 0 Å². The first-order valence-corrected chi connectivity index (χ1v) is 36.1. The first-order chi connectivity index (χ1) is 41.0. The Labute approximate surface area is 539 Å². The average molecular weight is 1190 g/mol. The summed E-state index contributed by atoms with van der Waals surface area (Å²) >= 11 is 2.23. The number of thioether (sulfide) groups is 1. The van der Waals surface area contributed by atoms with Gasteiger partial charge in [-0.1, -0.05) is 206 Å². The molecule has 3 heterocycles. The van der Waals surface area contributed by atoms with E-state index in [1.54, 1.807) is 44.5 Å². The number of aryl methyl sites for hydroxylation is 2. The van der Waals surface area contributed by atoms with Crippen molar-refractivity contribution >= 4 is 57.8 Å². The Morgan fingerprint density at radius 1 is 0.511 bits per heavy atom. The number of benzene rings is 6. The molecule has 1 fully saturated rings. The topological polar surface area (TPSA) is 6.48 Å². The Balaban J connectivity index is 1.05. The van der Waals surface area contributed by atoms with Gasteiger partial charge in [0.25, 0.3) is 0 Å². The van der Waals surface area contributed by atoms with Crippen LogP contribution in [0.5, 0.6) is 0 Å². The molecule has 88 heavy (non-hydrogen) atoms. The summed E-state index contributed by atoms with van der Waals surface area (Å²) < 4.78 is 0. The number of hydrogen-bond donors (Lipinski definition) is 0. The van der Waals surface area contributed by atoms with Gasteiger partial charge in [-0.25, -0.2) is 0 Å². The van der Waals surface area contributed by atoms with Crippen LogP contribution in [-0.2, 0) is 55.2 Å². The molecular formula is C84H109BN2S. The van der Waals surface area contributed by atoms with Crippen molar-refractivity contribution in [2.24, 2.45) is 11.8 Å². The lowest BCUT2D eigenvalue weighted by molar-refractivity contribution is 0.164. The summed E-state index contributed by atoms with van der Waals surface area (Å²) in [5.41, 5.74) is 30.9. The summed E-state index contributed by atoms with van der Waals surface area (Å²) in [4.78, 5) is 7.33. The van der Waals surface area contributed by atoms with Gasteiger partial charge < -0.3 is 9.80 Å². The van der Waals surface area contributed by atoms with Gasteiger partial charge in [0.2, 0.25) is 6.71 Å². The molecule has 1 saturated carbocycles. The summed E-state index contributed by atoms with van der Waals surface area (Å²) in [6, 6.07) is 40.1. The SMILES string of the molecule is Cc1cc2c(cc1N1c3ccc(C(C)(C)C)cc3B3c4c1cc(CC[C@H]1CC5C(C)CCCCC5(C)c5cc(C(C)(C)C)ccc51)cc4N(c1ccc4c(c1)C(C)(C)CCC4(C)C)C1c4cc5c(cc4SC31)C(C)(C)CCC5(C)C)C(C)(C)CCC2(C)C. The molecule has 0 radical (unpaired) electrons. The fraction of sp³-hybridized carbons (Fsp3) is 0.571. The maximum Gasteiger partial charge on any atom is 0.233 e. The largest absolute Gasteiger partial charge is 0.334 e. The summed E-state index contributed by atoms with van der Waals surface area (Å²) in [5.74, 6) is 1.91. The number of hydrogen-bond acceptors (Lipinski definition) is 3. The van der Waals surface area contributed by atoms with Crippen LogP contribution >= 0.6 is 11.8 Å². The maximum atomic E-state index is 2.98. The van der Waals surface area contributed by atoms with Gasteiger partial charge in [-0.2, -0.15) is 0 Å². The van der Waals surface area contributed by atoms with Crippen LogP contribution in [0.1, 0.15) is 300 Å². The van der Waals surface area contributed by atoms with Gasteiger partial charge in [-0.15, -0.1) is 11.8 Å². The minimum Gasteiger partial charge on any atom is -0.334 e. The molecule has 0 spiro atoms. The zero-order chi connectivity index (χ0) is 62.7. The summed E-state index contributed by atoms with van der Waals surface area (Å²) in [7, 11) is 0. The highest BCUT2D eigenvalue weighted by Crippen LogP contribution is 2.62. The molecule has 0 amide bonds. The van der Waals surface area contributed by atoms with Gasteiger partial charge in [-0.05, 0) is 263 Å². The van der Waals surface area contributed by atoms with Crippen LogP contribution in [0.15, 0.2) is 95.9 Å². The van der Waals surface area contributed by atoms with Gasteiger partial charge >= 0.3 is 0 Å². The predicted molar refractivity (Wildman–Crippen MR) is 382 cm³/mol. The van der Waals surface area contributed by atoms with Gasteiger partial charge in [0.05, 0.1) is 6.04 Å². The molecule has 8 aliphatic rings. The van der Waals surface area contributed by atoms with Gasteiger partial charge in [-0.3, -0.25) is 0 Å². The molecule has 0 aromatic heterocycles. The molecule has 6 atom stereocenters. The number of rotatable bonds is 5. The van der Waals surface area contributed by atoms with E-state index in [-0.39, 0.29) is 66.6 Å². The second-order valence-electron chi connectivity index (χ2n) is 36.7. The molecule has 4 heteroatoms. The lowest BCUT2D eigenvalue weighted by Gasteiger charge is -2.50. The van der Waals surface area contributed by atoms with Crippen LogP contribution in [-0.4, -0.2) is 11.9 Å². The van der Waals surface area contributed by atoms with Gasteiger partial charge in [0.15, 0.2) is 0 Å². The van der Waals surface area contributed by atoms with Crippen molar-refractivity contribution < 1.29 is 0 Å². The van der Waals surface area contributed by atoms with E-state index >= 15 is 0 Å². The Hall–Kier alpha value is -4.67. The molecule has 464 valence electrons. The lowest BCUT2D eigenvalue weighted by Crippen LogP contribution is -2.63. The van der Waals surface area contributed by atoms with Crippen molar-refractivity contribution in [3.8, 4) is 0 Å². The Morgan fingerprint density at radius 2 is 1.07 bits per heavy atom. The lowest BCUT2D eigenvalue weighted by atomic mass is 9.33. The van der Waals surface area contributed by atoms with Crippen LogP contribution in [0.4, 0.5) is 28.4 Å². The quantitative estimate of drug-likeness (QED) is 0.159. The minimum absolute atomic E-state index is 0.0198. The Bertz CT molecular complexity index is 3850. The maximum absolute atomic E-state index is 2.98. The van der Waals surface area contributed by atoms with Crippen LogP contribution in [0.25, 0.3) is 0 Å². The molecule has 6 aromatic rings. The third-order valence-electron chi connectivity index (χ3n) is 25.9. The predicted octanol–water partition coefficient (Wildman–Crippen LogP) is 22.1. The standard InChI is InChI=1S/C84H109BN2S/c1-50-24-22-23-33-84(21)60(50)43-53(57-30-27-54(44-61(57)84)76(3,4)5)26-25-52-41-70-73-71(42-52)87(69-48-65-62(40-51(69)2)79(11,12)36-38-82(65,17)18)68-32-28-55(77(6,7)8)45-67(68)85(73)75-74(58-47-64-66(49-72(58)88-75)83(19,20)39-37-81(64,15)16)86(70)56-29-31-59-63(46-56)80(13,14)35-34-78(59,9)10/h27-32,40-42,44-50,53,60,74-75H,22-26,33-39,43H2,1-21H3/t50?,53-,60?,74?,75?,84?/m0/s1. The zero-order valence-electron chi connectivity index (χ0n) is 58.6. The minimum atomic E-state index is -0.0198. The Kier molecular flexibility index (Phi) is 13.8. The van der Waals surface area contributed by atoms with E-state index in [0.717, 1.165) is 18.8 Å². The van der Waals surface area contributed by atoms with Crippen molar-refractivity contribution in [3.63, 3.8) is 0 Å². The van der Waals surface area contributed by atoms with Crippen molar-refractivity contribution in [3.05, 3.63) is 163 Å². The second-order valence-corrected chi connectivity index (χ2v) is 37.9. The average Bonchev–Trinajstić information content (AvgIpc) is 1.27. The molecule has 3 aliphatic heterocycles. The normalized spacial score (nSPS) is 27.1. The highest BCUT2D eigenvalue weighted by atomic mass is 32.2. The van der Waals surface area contributed by atoms with Crippen molar-refractivity contribution in [2.75, 3.05) is 9.80 Å². The van der Waals surface area contributed by atoms with Gasteiger partial charge in [0.1, 0.15) is 0 Å². The molecule has 6 aromatic carbocycles. The van der Waals surface area contributed by atoms with E-state index in [1.807, 2.05) is 0 Å². The highest BCUT2D eigenvalue weighted by molar-refractivity contribution is 8.02. The molecule has 5 aliphatic carbocycles.